The van der Waals surface area contributed by atoms with Crippen LogP contribution in [-0.4, -0.2) is 4.98 Å². The minimum Gasteiger partial charge on any atom is -0.265 e. The third-order valence-corrected chi connectivity index (χ3v) is 1.04. The van der Waals surface area contributed by atoms with Gasteiger partial charge in [-0.25, -0.2) is 0 Å². The van der Waals surface area contributed by atoms with E-state index in [9.17, 15) is 0 Å². The molecule has 41 valence electrons. The summed E-state index contributed by atoms with van der Waals surface area (Å²) in [7, 11) is 0. The molecule has 1 aromatic heterocycles. The second-order valence-electron chi connectivity index (χ2n) is 1.61. The fraction of sp³-hybridized carbons (Fsp3) is 0.143. The van der Waals surface area contributed by atoms with Crippen LogP contribution >= 0.6 is 0 Å². The Morgan fingerprint density at radius 3 is 2.38 bits per heavy atom. The first-order chi connectivity index (χ1) is 3.93. The van der Waals surface area contributed by atoms with Crippen LogP contribution in [0.25, 0.3) is 0 Å². The van der Waals surface area contributed by atoms with Crippen LogP contribution in [-0.2, 0) is 6.42 Å². The van der Waals surface area contributed by atoms with Gasteiger partial charge in [0.15, 0.2) is 0 Å². The highest BCUT2D eigenvalue weighted by atomic mass is 14.6. The van der Waals surface area contributed by atoms with Crippen LogP contribution in [0.2, 0.25) is 0 Å². The Balaban J connectivity index is 2.83. The molecule has 0 atom stereocenters. The molecule has 0 fully saturated rings. The average Bonchev–Trinajstić information content (AvgIpc) is 1.90. The Kier molecular flexibility index (Phi) is 1.62. The van der Waals surface area contributed by atoms with Gasteiger partial charge in [-0.05, 0) is 31.0 Å². The number of hydrogen-bond donors (Lipinski definition) is 0. The van der Waals surface area contributed by atoms with Crippen molar-refractivity contribution in [3.63, 3.8) is 0 Å². The van der Waals surface area contributed by atoms with E-state index in [1.54, 1.807) is 12.4 Å². The molecule has 1 heteroatoms. The SMILES string of the molecule is [CH2]Cc1ccncc1. The van der Waals surface area contributed by atoms with Crippen LogP contribution in [0.4, 0.5) is 0 Å². The highest BCUT2D eigenvalue weighted by Gasteiger charge is 1.80. The largest absolute Gasteiger partial charge is 0.265 e. The first-order valence-electron chi connectivity index (χ1n) is 2.61. The molecular weight excluding hydrogens is 98.1 g/mol. The zero-order valence-corrected chi connectivity index (χ0v) is 4.67. The lowest BCUT2D eigenvalue weighted by molar-refractivity contribution is 1.21. The molecular formula is C7H8N. The van der Waals surface area contributed by atoms with Gasteiger partial charge in [-0.3, -0.25) is 4.98 Å². The average molecular weight is 106 g/mol. The van der Waals surface area contributed by atoms with E-state index in [1.807, 2.05) is 12.1 Å². The summed E-state index contributed by atoms with van der Waals surface area (Å²) in [6, 6.07) is 3.93. The van der Waals surface area contributed by atoms with Gasteiger partial charge in [-0.1, -0.05) is 0 Å². The predicted octanol–water partition coefficient (Wildman–Crippen LogP) is 1.46. The molecule has 0 spiro atoms. The van der Waals surface area contributed by atoms with Gasteiger partial charge in [0.05, 0.1) is 0 Å². The van der Waals surface area contributed by atoms with E-state index in [0.29, 0.717) is 0 Å². The van der Waals surface area contributed by atoms with Crippen molar-refractivity contribution < 1.29 is 0 Å². The minimum absolute atomic E-state index is 0.850. The van der Waals surface area contributed by atoms with Crippen LogP contribution in [0.15, 0.2) is 24.5 Å². The van der Waals surface area contributed by atoms with Crippen LogP contribution in [0, 0.1) is 6.92 Å². The summed E-state index contributed by atoms with van der Waals surface area (Å²) in [5.74, 6) is 0. The second-order valence-corrected chi connectivity index (χ2v) is 1.61. The molecule has 1 aromatic rings. The van der Waals surface area contributed by atoms with Crippen LogP contribution in [0.3, 0.4) is 0 Å². The smallest absolute Gasteiger partial charge is 0.0270 e. The molecule has 8 heavy (non-hydrogen) atoms. The maximum Gasteiger partial charge on any atom is 0.0270 e. The number of hydrogen-bond acceptors (Lipinski definition) is 1. The highest BCUT2D eigenvalue weighted by molar-refractivity contribution is 5.09. The van der Waals surface area contributed by atoms with Gasteiger partial charge >= 0.3 is 0 Å². The topological polar surface area (TPSA) is 12.9 Å². The van der Waals surface area contributed by atoms with Crippen molar-refractivity contribution in [2.75, 3.05) is 0 Å². The van der Waals surface area contributed by atoms with Crippen molar-refractivity contribution in [3.8, 4) is 0 Å². The number of nitrogens with zero attached hydrogens (tertiary/aromatic N) is 1. The molecule has 0 bridgehead atoms. The Hall–Kier alpha value is -0.850. The van der Waals surface area contributed by atoms with E-state index in [0.717, 1.165) is 6.42 Å². The molecule has 0 aromatic carbocycles. The predicted molar refractivity (Wildman–Crippen MR) is 33.3 cm³/mol. The van der Waals surface area contributed by atoms with E-state index < -0.39 is 0 Å². The fourth-order valence-corrected chi connectivity index (χ4v) is 0.549. The molecule has 1 nitrogen and oxygen atoms in total. The summed E-state index contributed by atoms with van der Waals surface area (Å²) in [6.45, 7) is 3.73. The molecule has 1 rings (SSSR count). The summed E-state index contributed by atoms with van der Waals surface area (Å²) in [5, 5.41) is 0. The van der Waals surface area contributed by atoms with Gasteiger partial charge in [0.25, 0.3) is 0 Å². The summed E-state index contributed by atoms with van der Waals surface area (Å²) in [4.78, 5) is 3.87. The van der Waals surface area contributed by atoms with E-state index >= 15 is 0 Å². The van der Waals surface area contributed by atoms with Gasteiger partial charge in [-0.15, -0.1) is 0 Å². The summed E-state index contributed by atoms with van der Waals surface area (Å²) >= 11 is 0. The van der Waals surface area contributed by atoms with E-state index in [4.69, 9.17) is 0 Å². The van der Waals surface area contributed by atoms with Crippen molar-refractivity contribution in [2.45, 2.75) is 6.42 Å². The van der Waals surface area contributed by atoms with Crippen molar-refractivity contribution in [1.29, 1.82) is 0 Å². The van der Waals surface area contributed by atoms with Crippen molar-refractivity contribution in [2.24, 2.45) is 0 Å². The Morgan fingerprint density at radius 1 is 1.38 bits per heavy atom. The third kappa shape index (κ3) is 1.06. The standard InChI is InChI=1S/C7H8N/c1-2-7-3-5-8-6-4-7/h3-6H,1-2H2. The summed E-state index contributed by atoms with van der Waals surface area (Å²) < 4.78 is 0. The quantitative estimate of drug-likeness (QED) is 0.528. The van der Waals surface area contributed by atoms with Crippen molar-refractivity contribution >= 4 is 0 Å². The van der Waals surface area contributed by atoms with Crippen LogP contribution < -0.4 is 0 Å². The monoisotopic (exact) mass is 106 g/mol. The molecule has 0 amide bonds. The zero-order valence-electron chi connectivity index (χ0n) is 4.67. The van der Waals surface area contributed by atoms with Crippen LogP contribution in [0.5, 0.6) is 0 Å². The van der Waals surface area contributed by atoms with Gasteiger partial charge in [0, 0.05) is 12.4 Å². The molecule has 1 heterocycles. The van der Waals surface area contributed by atoms with Gasteiger partial charge in [0.2, 0.25) is 0 Å². The number of aromatic nitrogens is 1. The third-order valence-electron chi connectivity index (χ3n) is 1.04. The molecule has 1 radical (unpaired) electrons. The van der Waals surface area contributed by atoms with Crippen LogP contribution in [0.1, 0.15) is 5.56 Å². The zero-order chi connectivity index (χ0) is 5.82. The van der Waals surface area contributed by atoms with Gasteiger partial charge in [0.1, 0.15) is 0 Å². The maximum atomic E-state index is 3.87. The normalized spacial score (nSPS) is 9.12. The lowest BCUT2D eigenvalue weighted by Crippen LogP contribution is -1.77. The summed E-state index contributed by atoms with van der Waals surface area (Å²) in [6.07, 6.45) is 4.41. The van der Waals surface area contributed by atoms with Crippen molar-refractivity contribution in [1.82, 2.24) is 4.98 Å². The molecule has 0 aliphatic rings. The Bertz CT molecular complexity index is 146. The van der Waals surface area contributed by atoms with E-state index in [-0.39, 0.29) is 0 Å². The number of rotatable bonds is 1. The molecule has 0 saturated carbocycles. The molecule has 0 N–H and O–H groups in total. The molecule has 0 unspecified atom stereocenters. The van der Waals surface area contributed by atoms with Gasteiger partial charge in [-0.2, -0.15) is 0 Å². The van der Waals surface area contributed by atoms with Crippen molar-refractivity contribution in [3.05, 3.63) is 37.0 Å². The first-order valence-corrected chi connectivity index (χ1v) is 2.61. The fourth-order valence-electron chi connectivity index (χ4n) is 0.549. The first kappa shape index (κ1) is 5.29. The summed E-state index contributed by atoms with van der Waals surface area (Å²) in [5.41, 5.74) is 1.24. The maximum absolute atomic E-state index is 3.87. The van der Waals surface area contributed by atoms with E-state index in [1.165, 1.54) is 5.56 Å². The Labute approximate surface area is 49.4 Å². The molecule has 0 saturated heterocycles. The highest BCUT2D eigenvalue weighted by Crippen LogP contribution is 1.94. The number of pyridine rings is 1. The Morgan fingerprint density at radius 2 is 2.00 bits per heavy atom. The minimum atomic E-state index is 0.850. The second kappa shape index (κ2) is 2.46. The van der Waals surface area contributed by atoms with E-state index in [2.05, 4.69) is 11.9 Å². The molecule has 0 aliphatic carbocycles. The molecule has 0 aliphatic heterocycles. The van der Waals surface area contributed by atoms with Gasteiger partial charge < -0.3 is 0 Å². The lowest BCUT2D eigenvalue weighted by Gasteiger charge is -1.89. The lowest BCUT2D eigenvalue weighted by atomic mass is 10.2.